The van der Waals surface area contributed by atoms with Gasteiger partial charge in [-0.2, -0.15) is 0 Å². The summed E-state index contributed by atoms with van der Waals surface area (Å²) in [5.41, 5.74) is 2.43. The largest absolute Gasteiger partial charge is 0.378 e. The lowest BCUT2D eigenvalue weighted by Gasteiger charge is -2.21. The van der Waals surface area contributed by atoms with E-state index in [1.165, 1.54) is 11.3 Å². The van der Waals surface area contributed by atoms with Crippen LogP contribution in [-0.2, 0) is 18.3 Å². The Morgan fingerprint density at radius 1 is 1.15 bits per heavy atom. The van der Waals surface area contributed by atoms with E-state index in [9.17, 15) is 0 Å². The van der Waals surface area contributed by atoms with Gasteiger partial charge < -0.3 is 18.8 Å². The molecule has 2 unspecified atom stereocenters. The van der Waals surface area contributed by atoms with Gasteiger partial charge in [0, 0.05) is 51.2 Å². The van der Waals surface area contributed by atoms with Gasteiger partial charge in [0.15, 0.2) is 0 Å². The van der Waals surface area contributed by atoms with Crippen LogP contribution in [0.4, 0.5) is 5.95 Å². The van der Waals surface area contributed by atoms with Crippen molar-refractivity contribution in [2.75, 3.05) is 18.6 Å². The highest BCUT2D eigenvalue weighted by Crippen LogP contribution is 2.31. The van der Waals surface area contributed by atoms with Gasteiger partial charge in [-0.25, -0.2) is 0 Å². The van der Waals surface area contributed by atoms with Crippen molar-refractivity contribution in [1.29, 1.82) is 0 Å². The van der Waals surface area contributed by atoms with E-state index in [0.717, 1.165) is 31.3 Å². The monoisotopic (exact) mass is 351 g/mol. The van der Waals surface area contributed by atoms with Crippen molar-refractivity contribution >= 4 is 5.95 Å². The van der Waals surface area contributed by atoms with Crippen LogP contribution in [0.2, 0.25) is 0 Å². The zero-order valence-corrected chi connectivity index (χ0v) is 15.5. The first kappa shape index (κ1) is 16.8. The Bertz CT molecular complexity index is 870. The lowest BCUT2D eigenvalue weighted by molar-refractivity contribution is 0.117. The normalized spacial score (nSPS) is 19.8. The SMILES string of the molecule is CC1OCCC1c1nnc(N(C)Cc2ccccc2-n2cccc2)n1C. The highest BCUT2D eigenvalue weighted by molar-refractivity contribution is 5.44. The van der Waals surface area contributed by atoms with Gasteiger partial charge in [-0.05, 0) is 37.1 Å². The molecule has 2 atom stereocenters. The molecule has 0 aliphatic carbocycles. The summed E-state index contributed by atoms with van der Waals surface area (Å²) in [6.07, 6.45) is 5.35. The number of benzene rings is 1. The molecule has 6 heteroatoms. The molecule has 0 radical (unpaired) electrons. The third kappa shape index (κ3) is 3.01. The summed E-state index contributed by atoms with van der Waals surface area (Å²) in [4.78, 5) is 2.15. The second-order valence-corrected chi connectivity index (χ2v) is 6.96. The Morgan fingerprint density at radius 2 is 1.92 bits per heavy atom. The van der Waals surface area contributed by atoms with E-state index in [-0.39, 0.29) is 6.10 Å². The van der Waals surface area contributed by atoms with E-state index in [0.29, 0.717) is 5.92 Å². The first-order valence-corrected chi connectivity index (χ1v) is 9.08. The lowest BCUT2D eigenvalue weighted by atomic mass is 10.0. The van der Waals surface area contributed by atoms with Gasteiger partial charge in [-0.3, -0.25) is 0 Å². The third-order valence-corrected chi connectivity index (χ3v) is 5.22. The second kappa shape index (κ2) is 6.96. The number of anilines is 1. The van der Waals surface area contributed by atoms with Crippen LogP contribution in [0.1, 0.15) is 30.7 Å². The van der Waals surface area contributed by atoms with Crippen molar-refractivity contribution in [3.63, 3.8) is 0 Å². The van der Waals surface area contributed by atoms with Gasteiger partial charge >= 0.3 is 0 Å². The molecule has 3 heterocycles. The summed E-state index contributed by atoms with van der Waals surface area (Å²) in [6, 6.07) is 12.5. The molecule has 6 nitrogen and oxygen atoms in total. The predicted octanol–water partition coefficient (Wildman–Crippen LogP) is 3.13. The number of hydrogen-bond acceptors (Lipinski definition) is 4. The molecule has 0 bridgehead atoms. The first-order chi connectivity index (χ1) is 12.6. The van der Waals surface area contributed by atoms with E-state index >= 15 is 0 Å². The maximum atomic E-state index is 5.70. The molecule has 2 aromatic heterocycles. The standard InChI is InChI=1S/C20H25N5O/c1-15-17(10-13-26-15)19-21-22-20(24(19)3)23(2)14-16-8-4-5-9-18(16)25-11-6-7-12-25/h4-9,11-12,15,17H,10,13-14H2,1-3H3. The zero-order valence-electron chi connectivity index (χ0n) is 15.5. The highest BCUT2D eigenvalue weighted by atomic mass is 16.5. The van der Waals surface area contributed by atoms with Crippen molar-refractivity contribution in [3.05, 3.63) is 60.2 Å². The minimum Gasteiger partial charge on any atom is -0.378 e. The molecule has 26 heavy (non-hydrogen) atoms. The Balaban J connectivity index is 1.58. The van der Waals surface area contributed by atoms with Gasteiger partial charge in [-0.1, -0.05) is 18.2 Å². The van der Waals surface area contributed by atoms with Gasteiger partial charge in [0.25, 0.3) is 0 Å². The Kier molecular flexibility index (Phi) is 4.51. The molecule has 4 rings (SSSR count). The van der Waals surface area contributed by atoms with Crippen LogP contribution in [0.5, 0.6) is 0 Å². The smallest absolute Gasteiger partial charge is 0.227 e. The molecule has 0 N–H and O–H groups in total. The van der Waals surface area contributed by atoms with Crippen LogP contribution >= 0.6 is 0 Å². The van der Waals surface area contributed by atoms with E-state index in [1.54, 1.807) is 0 Å². The third-order valence-electron chi connectivity index (χ3n) is 5.22. The van der Waals surface area contributed by atoms with E-state index in [1.807, 2.05) is 19.2 Å². The first-order valence-electron chi connectivity index (χ1n) is 9.08. The molecule has 1 aliphatic heterocycles. The fraction of sp³-hybridized carbons (Fsp3) is 0.400. The van der Waals surface area contributed by atoms with Gasteiger partial charge in [-0.15, -0.1) is 10.2 Å². The number of hydrogen-bond donors (Lipinski definition) is 0. The van der Waals surface area contributed by atoms with Gasteiger partial charge in [0.05, 0.1) is 6.10 Å². The molecule has 1 saturated heterocycles. The minimum absolute atomic E-state index is 0.200. The molecule has 1 aromatic carbocycles. The maximum Gasteiger partial charge on any atom is 0.227 e. The number of nitrogens with zero attached hydrogens (tertiary/aromatic N) is 5. The highest BCUT2D eigenvalue weighted by Gasteiger charge is 2.30. The van der Waals surface area contributed by atoms with Gasteiger partial charge in [0.1, 0.15) is 5.82 Å². The number of aromatic nitrogens is 4. The van der Waals surface area contributed by atoms with Crippen molar-refractivity contribution in [3.8, 4) is 5.69 Å². The summed E-state index contributed by atoms with van der Waals surface area (Å²) in [5.74, 6) is 2.21. The average molecular weight is 351 g/mol. The zero-order chi connectivity index (χ0) is 18.1. The van der Waals surface area contributed by atoms with Crippen LogP contribution in [0.25, 0.3) is 5.69 Å². The van der Waals surface area contributed by atoms with Crippen molar-refractivity contribution in [2.45, 2.75) is 31.9 Å². The van der Waals surface area contributed by atoms with Crippen LogP contribution in [0, 0.1) is 0 Å². The Labute approximate surface area is 154 Å². The topological polar surface area (TPSA) is 48.1 Å². The second-order valence-electron chi connectivity index (χ2n) is 6.96. The van der Waals surface area contributed by atoms with Crippen molar-refractivity contribution in [1.82, 2.24) is 19.3 Å². The predicted molar refractivity (Wildman–Crippen MR) is 102 cm³/mol. The molecule has 1 fully saturated rings. The van der Waals surface area contributed by atoms with Gasteiger partial charge in [0.2, 0.25) is 5.95 Å². The van der Waals surface area contributed by atoms with E-state index in [4.69, 9.17) is 4.74 Å². The number of rotatable bonds is 5. The fourth-order valence-electron chi connectivity index (χ4n) is 3.78. The van der Waals surface area contributed by atoms with Crippen LogP contribution in [0.3, 0.4) is 0 Å². The average Bonchev–Trinajstić information content (AvgIpc) is 3.37. The van der Waals surface area contributed by atoms with Crippen molar-refractivity contribution in [2.24, 2.45) is 7.05 Å². The van der Waals surface area contributed by atoms with Crippen LogP contribution in [0.15, 0.2) is 48.8 Å². The summed E-state index contributed by atoms with van der Waals surface area (Å²) in [6.45, 7) is 3.67. The van der Waals surface area contributed by atoms with Crippen LogP contribution in [-0.4, -0.2) is 39.1 Å². The summed E-state index contributed by atoms with van der Waals surface area (Å²) >= 11 is 0. The molecule has 136 valence electrons. The number of ether oxygens (including phenoxy) is 1. The Morgan fingerprint density at radius 3 is 2.65 bits per heavy atom. The summed E-state index contributed by atoms with van der Waals surface area (Å²) in [5, 5.41) is 8.93. The van der Waals surface area contributed by atoms with Crippen molar-refractivity contribution < 1.29 is 4.74 Å². The Hall–Kier alpha value is -2.60. The lowest BCUT2D eigenvalue weighted by Crippen LogP contribution is -2.22. The quantitative estimate of drug-likeness (QED) is 0.709. The number of para-hydroxylation sites is 1. The molecule has 0 spiro atoms. The minimum atomic E-state index is 0.200. The fourth-order valence-corrected chi connectivity index (χ4v) is 3.78. The van der Waals surface area contributed by atoms with Crippen LogP contribution < -0.4 is 4.90 Å². The molecular formula is C20H25N5O. The molecule has 0 amide bonds. The molecule has 0 saturated carbocycles. The maximum absolute atomic E-state index is 5.70. The summed E-state index contributed by atoms with van der Waals surface area (Å²) in [7, 11) is 4.11. The molecular weight excluding hydrogens is 326 g/mol. The molecule has 1 aliphatic rings. The van der Waals surface area contributed by atoms with E-state index < -0.39 is 0 Å². The molecule has 3 aromatic rings. The summed E-state index contributed by atoms with van der Waals surface area (Å²) < 4.78 is 9.95. The van der Waals surface area contributed by atoms with E-state index in [2.05, 4.69) is 74.9 Å².